The van der Waals surface area contributed by atoms with Gasteiger partial charge in [-0.25, -0.2) is 9.67 Å². The zero-order valence-corrected chi connectivity index (χ0v) is 12.9. The average molecular weight is 336 g/mol. The summed E-state index contributed by atoms with van der Waals surface area (Å²) in [7, 11) is 0. The van der Waals surface area contributed by atoms with Gasteiger partial charge in [-0.05, 0) is 18.9 Å². The van der Waals surface area contributed by atoms with Crippen LogP contribution in [0.4, 0.5) is 5.69 Å². The standard InChI is InChI=1S/C14H14ClN5O3/c15-13-2-1-11(20(22)23)7-12(13)14(21)18-5-3-10(4-6-18)19-9-16-8-17-19/h1-2,7-10H,3-6H2. The number of amides is 1. The van der Waals surface area contributed by atoms with Crippen LogP contribution in [0.25, 0.3) is 0 Å². The summed E-state index contributed by atoms with van der Waals surface area (Å²) in [5, 5.41) is 15.2. The van der Waals surface area contributed by atoms with Crippen LogP contribution in [0.1, 0.15) is 29.2 Å². The number of nitro benzene ring substituents is 1. The lowest BCUT2D eigenvalue weighted by molar-refractivity contribution is -0.384. The summed E-state index contributed by atoms with van der Waals surface area (Å²) in [5.41, 5.74) is 0.0234. The van der Waals surface area contributed by atoms with E-state index >= 15 is 0 Å². The Morgan fingerprint density at radius 3 is 2.70 bits per heavy atom. The fourth-order valence-electron chi connectivity index (χ4n) is 2.70. The van der Waals surface area contributed by atoms with Gasteiger partial charge in [0.2, 0.25) is 0 Å². The Bertz CT molecular complexity index is 726. The number of carbonyl (C=O) groups excluding carboxylic acids is 1. The van der Waals surface area contributed by atoms with Crippen LogP contribution in [0.2, 0.25) is 5.02 Å². The molecule has 120 valence electrons. The lowest BCUT2D eigenvalue weighted by Gasteiger charge is -2.32. The molecule has 2 heterocycles. The highest BCUT2D eigenvalue weighted by molar-refractivity contribution is 6.33. The van der Waals surface area contributed by atoms with Crippen LogP contribution < -0.4 is 0 Å². The molecule has 0 bridgehead atoms. The highest BCUT2D eigenvalue weighted by Crippen LogP contribution is 2.27. The van der Waals surface area contributed by atoms with Crippen LogP contribution in [0.15, 0.2) is 30.9 Å². The number of carbonyl (C=O) groups is 1. The number of hydrogen-bond donors (Lipinski definition) is 0. The molecule has 1 aliphatic rings. The summed E-state index contributed by atoms with van der Waals surface area (Å²) in [4.78, 5) is 28.5. The van der Waals surface area contributed by atoms with Crippen molar-refractivity contribution in [1.29, 1.82) is 0 Å². The van der Waals surface area contributed by atoms with Crippen molar-refractivity contribution in [3.05, 3.63) is 51.6 Å². The van der Waals surface area contributed by atoms with Crippen molar-refractivity contribution in [3.8, 4) is 0 Å². The van der Waals surface area contributed by atoms with Crippen LogP contribution in [-0.4, -0.2) is 43.6 Å². The lowest BCUT2D eigenvalue weighted by Crippen LogP contribution is -2.39. The molecule has 0 unspecified atom stereocenters. The van der Waals surface area contributed by atoms with E-state index in [9.17, 15) is 14.9 Å². The second-order valence-electron chi connectivity index (χ2n) is 5.32. The first-order valence-corrected chi connectivity index (χ1v) is 7.51. The Morgan fingerprint density at radius 1 is 1.35 bits per heavy atom. The lowest BCUT2D eigenvalue weighted by atomic mass is 10.0. The molecule has 0 radical (unpaired) electrons. The van der Waals surface area contributed by atoms with Gasteiger partial charge in [-0.15, -0.1) is 0 Å². The number of nitro groups is 1. The van der Waals surface area contributed by atoms with Crippen LogP contribution >= 0.6 is 11.6 Å². The molecule has 0 aliphatic carbocycles. The third-order valence-corrected chi connectivity index (χ3v) is 4.28. The molecular formula is C14H14ClN5O3. The number of aromatic nitrogens is 3. The van der Waals surface area contributed by atoms with E-state index in [2.05, 4.69) is 10.1 Å². The molecule has 3 rings (SSSR count). The molecule has 0 saturated carbocycles. The summed E-state index contributed by atoms with van der Waals surface area (Å²) >= 11 is 6.03. The molecule has 1 aromatic heterocycles. The first-order valence-electron chi connectivity index (χ1n) is 7.13. The van der Waals surface area contributed by atoms with Crippen LogP contribution in [0.3, 0.4) is 0 Å². The summed E-state index contributed by atoms with van der Waals surface area (Å²) in [6.45, 7) is 1.09. The predicted molar refractivity (Wildman–Crippen MR) is 82.3 cm³/mol. The molecular weight excluding hydrogens is 322 g/mol. The van der Waals surface area contributed by atoms with E-state index in [1.54, 1.807) is 15.9 Å². The topological polar surface area (TPSA) is 94.2 Å². The summed E-state index contributed by atoms with van der Waals surface area (Å²) in [5.74, 6) is -0.282. The fraction of sp³-hybridized carbons (Fsp3) is 0.357. The number of likely N-dealkylation sites (tertiary alicyclic amines) is 1. The number of hydrogen-bond acceptors (Lipinski definition) is 5. The summed E-state index contributed by atoms with van der Waals surface area (Å²) < 4.78 is 1.79. The minimum absolute atomic E-state index is 0.143. The van der Waals surface area contributed by atoms with Crippen molar-refractivity contribution >= 4 is 23.2 Å². The molecule has 8 nitrogen and oxygen atoms in total. The maximum absolute atomic E-state index is 12.6. The van der Waals surface area contributed by atoms with E-state index in [0.29, 0.717) is 13.1 Å². The molecule has 9 heteroatoms. The Labute approximate surface area is 136 Å². The first kappa shape index (κ1) is 15.4. The first-order chi connectivity index (χ1) is 11.1. The van der Waals surface area contributed by atoms with Crippen LogP contribution in [0, 0.1) is 10.1 Å². The van der Waals surface area contributed by atoms with E-state index in [4.69, 9.17) is 11.6 Å². The van der Waals surface area contributed by atoms with E-state index in [1.165, 1.54) is 24.5 Å². The van der Waals surface area contributed by atoms with Crippen molar-refractivity contribution in [3.63, 3.8) is 0 Å². The van der Waals surface area contributed by atoms with Gasteiger partial charge < -0.3 is 4.90 Å². The van der Waals surface area contributed by atoms with Gasteiger partial charge in [0, 0.05) is 25.2 Å². The van der Waals surface area contributed by atoms with Gasteiger partial charge in [0.1, 0.15) is 12.7 Å². The maximum Gasteiger partial charge on any atom is 0.270 e. The smallest absolute Gasteiger partial charge is 0.270 e. The van der Waals surface area contributed by atoms with E-state index in [0.717, 1.165) is 12.8 Å². The number of benzene rings is 1. The second-order valence-corrected chi connectivity index (χ2v) is 5.73. The number of rotatable bonds is 3. The van der Waals surface area contributed by atoms with Crippen molar-refractivity contribution in [2.45, 2.75) is 18.9 Å². The van der Waals surface area contributed by atoms with E-state index in [1.807, 2.05) is 0 Å². The molecule has 1 aliphatic heterocycles. The summed E-state index contributed by atoms with van der Waals surface area (Å²) in [6, 6.07) is 4.11. The second kappa shape index (κ2) is 6.33. The zero-order chi connectivity index (χ0) is 16.4. The molecule has 23 heavy (non-hydrogen) atoms. The largest absolute Gasteiger partial charge is 0.338 e. The minimum atomic E-state index is -0.538. The van der Waals surface area contributed by atoms with Gasteiger partial charge in [-0.1, -0.05) is 11.6 Å². The van der Waals surface area contributed by atoms with Crippen LogP contribution in [-0.2, 0) is 0 Å². The average Bonchev–Trinajstić information content (AvgIpc) is 3.09. The van der Waals surface area contributed by atoms with E-state index in [-0.39, 0.29) is 28.2 Å². The molecule has 0 atom stereocenters. The highest BCUT2D eigenvalue weighted by atomic mass is 35.5. The molecule has 0 N–H and O–H groups in total. The van der Waals surface area contributed by atoms with Crippen molar-refractivity contribution in [2.24, 2.45) is 0 Å². The third-order valence-electron chi connectivity index (χ3n) is 3.95. The zero-order valence-electron chi connectivity index (χ0n) is 12.1. The van der Waals surface area contributed by atoms with Crippen molar-refractivity contribution in [2.75, 3.05) is 13.1 Å². The SMILES string of the molecule is O=C(c1cc([N+](=O)[O-])ccc1Cl)N1CCC(n2cncn2)CC1. The molecule has 1 amide bonds. The third kappa shape index (κ3) is 3.16. The van der Waals surface area contributed by atoms with Gasteiger partial charge in [0.25, 0.3) is 11.6 Å². The maximum atomic E-state index is 12.6. The Balaban J connectivity index is 1.72. The Kier molecular flexibility index (Phi) is 4.24. The van der Waals surface area contributed by atoms with Crippen molar-refractivity contribution < 1.29 is 9.72 Å². The number of nitrogens with zero attached hydrogens (tertiary/aromatic N) is 5. The minimum Gasteiger partial charge on any atom is -0.338 e. The number of halogens is 1. The molecule has 1 aromatic carbocycles. The predicted octanol–water partition coefficient (Wildman–Crippen LogP) is 2.32. The molecule has 1 fully saturated rings. The molecule has 0 spiro atoms. The number of piperidine rings is 1. The highest BCUT2D eigenvalue weighted by Gasteiger charge is 2.27. The fourth-order valence-corrected chi connectivity index (χ4v) is 2.90. The Morgan fingerprint density at radius 2 is 2.09 bits per heavy atom. The number of non-ortho nitro benzene ring substituents is 1. The van der Waals surface area contributed by atoms with Gasteiger partial charge in [-0.3, -0.25) is 14.9 Å². The van der Waals surface area contributed by atoms with Gasteiger partial charge in [-0.2, -0.15) is 5.10 Å². The quantitative estimate of drug-likeness (QED) is 0.633. The van der Waals surface area contributed by atoms with E-state index < -0.39 is 4.92 Å². The molecule has 2 aromatic rings. The summed E-state index contributed by atoms with van der Waals surface area (Å²) in [6.07, 6.45) is 4.66. The van der Waals surface area contributed by atoms with Gasteiger partial charge in [0.05, 0.1) is 21.6 Å². The van der Waals surface area contributed by atoms with Gasteiger partial charge in [0.15, 0.2) is 0 Å². The Hall–Kier alpha value is -2.48. The van der Waals surface area contributed by atoms with Crippen molar-refractivity contribution in [1.82, 2.24) is 19.7 Å². The van der Waals surface area contributed by atoms with Gasteiger partial charge >= 0.3 is 0 Å². The monoisotopic (exact) mass is 335 g/mol. The van der Waals surface area contributed by atoms with Crippen LogP contribution in [0.5, 0.6) is 0 Å². The normalized spacial score (nSPS) is 15.6. The molecule has 1 saturated heterocycles.